The summed E-state index contributed by atoms with van der Waals surface area (Å²) in [5.41, 5.74) is 9.86. The van der Waals surface area contributed by atoms with Crippen LogP contribution in [0.2, 0.25) is 0 Å². The van der Waals surface area contributed by atoms with E-state index < -0.39 is 5.60 Å². The van der Waals surface area contributed by atoms with Gasteiger partial charge in [0.2, 0.25) is 0 Å². The molecule has 51 heavy (non-hydrogen) atoms. The lowest BCUT2D eigenvalue weighted by molar-refractivity contribution is 0.158. The maximum absolute atomic E-state index is 7.65. The van der Waals surface area contributed by atoms with E-state index in [1.54, 1.807) is 7.11 Å². The Morgan fingerprint density at radius 3 is 2.02 bits per heavy atom. The lowest BCUT2D eigenvalue weighted by Crippen LogP contribution is -2.36. The first-order chi connectivity index (χ1) is 25.1. The van der Waals surface area contributed by atoms with E-state index >= 15 is 0 Å². The third-order valence-corrected chi connectivity index (χ3v) is 11.1. The quantitative estimate of drug-likeness (QED) is 0.170. The summed E-state index contributed by atoms with van der Waals surface area (Å²) in [5.74, 6) is 2.30. The van der Waals surface area contributed by atoms with E-state index in [9.17, 15) is 0 Å². The molecule has 0 spiro atoms. The van der Waals surface area contributed by atoms with Crippen molar-refractivity contribution in [2.24, 2.45) is 0 Å². The number of aromatic nitrogens is 2. The van der Waals surface area contributed by atoms with Crippen molar-refractivity contribution < 1.29 is 9.47 Å². The minimum atomic E-state index is -1.07. The van der Waals surface area contributed by atoms with Crippen LogP contribution in [0.1, 0.15) is 54.6 Å². The largest absolute Gasteiger partial charge is 0.497 e. The van der Waals surface area contributed by atoms with Gasteiger partial charge in [-0.15, -0.1) is 0 Å². The molecule has 1 aromatic heterocycles. The SMILES string of the molecule is CCC1(CC)c2ccccc2-c2c1c1c(c3ccccc23)OC(c2ccc(OC)cc2)(c2cc(-c3ccccc3)nc(-c3ccccc3)n2)C=C1. The Kier molecular flexibility index (Phi) is 7.36. The number of hydrogen-bond acceptors (Lipinski definition) is 4. The summed E-state index contributed by atoms with van der Waals surface area (Å²) < 4.78 is 13.3. The van der Waals surface area contributed by atoms with E-state index in [0.717, 1.165) is 63.4 Å². The fraction of sp³-hybridized carbons (Fsp3) is 0.149. The van der Waals surface area contributed by atoms with Crippen LogP contribution in [-0.4, -0.2) is 17.1 Å². The fourth-order valence-corrected chi connectivity index (χ4v) is 8.50. The van der Waals surface area contributed by atoms with Crippen molar-refractivity contribution in [3.8, 4) is 45.3 Å². The van der Waals surface area contributed by atoms with Crippen LogP contribution >= 0.6 is 0 Å². The molecule has 4 nitrogen and oxygen atoms in total. The number of ether oxygens (including phenoxy) is 2. The smallest absolute Gasteiger partial charge is 0.194 e. The second-order valence-electron chi connectivity index (χ2n) is 13.5. The van der Waals surface area contributed by atoms with E-state index in [1.807, 2.05) is 48.5 Å². The van der Waals surface area contributed by atoms with Crippen molar-refractivity contribution in [1.82, 2.24) is 9.97 Å². The van der Waals surface area contributed by atoms with Gasteiger partial charge in [-0.25, -0.2) is 9.97 Å². The van der Waals surface area contributed by atoms with Crippen molar-refractivity contribution in [3.05, 3.63) is 174 Å². The van der Waals surface area contributed by atoms with Crippen LogP contribution in [0.15, 0.2) is 146 Å². The van der Waals surface area contributed by atoms with Crippen molar-refractivity contribution in [3.63, 3.8) is 0 Å². The van der Waals surface area contributed by atoms with Gasteiger partial charge >= 0.3 is 0 Å². The molecule has 6 aromatic carbocycles. The molecule has 0 bridgehead atoms. The van der Waals surface area contributed by atoms with Gasteiger partial charge in [0.1, 0.15) is 11.5 Å². The van der Waals surface area contributed by atoms with Crippen LogP contribution in [0.25, 0.3) is 50.6 Å². The Bertz CT molecular complexity index is 2390. The topological polar surface area (TPSA) is 44.2 Å². The number of methoxy groups -OCH3 is 1. The van der Waals surface area contributed by atoms with Gasteiger partial charge in [-0.3, -0.25) is 0 Å². The van der Waals surface area contributed by atoms with Crippen LogP contribution < -0.4 is 9.47 Å². The standard InChI is InChI=1S/C47H38N2O2/c1-4-46(5-2)39-23-15-14-22-37(39)42-35-20-12-13-21-36(35)44-38(43(42)46)28-29-47(51-44,33-24-26-34(50-3)27-25-33)41-30-40(31-16-8-6-9-17-31)48-45(49-41)32-18-10-7-11-19-32/h6-30H,4-5H2,1-3H3. The molecule has 0 radical (unpaired) electrons. The molecule has 1 aliphatic heterocycles. The molecular weight excluding hydrogens is 625 g/mol. The fourth-order valence-electron chi connectivity index (χ4n) is 8.50. The third kappa shape index (κ3) is 4.66. The Morgan fingerprint density at radius 1 is 0.667 bits per heavy atom. The molecular formula is C47H38N2O2. The summed E-state index contributed by atoms with van der Waals surface area (Å²) in [5, 5.41) is 2.30. The second-order valence-corrected chi connectivity index (χ2v) is 13.5. The average Bonchev–Trinajstić information content (AvgIpc) is 3.52. The van der Waals surface area contributed by atoms with E-state index in [0.29, 0.717) is 5.82 Å². The zero-order valence-corrected chi connectivity index (χ0v) is 29.1. The summed E-state index contributed by atoms with van der Waals surface area (Å²) in [6, 6.07) is 48.5. The highest BCUT2D eigenvalue weighted by Crippen LogP contribution is 2.60. The first-order valence-electron chi connectivity index (χ1n) is 17.8. The van der Waals surface area contributed by atoms with Gasteiger partial charge in [0.15, 0.2) is 11.4 Å². The molecule has 7 aromatic rings. The molecule has 0 fully saturated rings. The lowest BCUT2D eigenvalue weighted by Gasteiger charge is -2.39. The summed E-state index contributed by atoms with van der Waals surface area (Å²) in [7, 11) is 1.69. The zero-order chi connectivity index (χ0) is 34.6. The van der Waals surface area contributed by atoms with Gasteiger partial charge < -0.3 is 9.47 Å². The lowest BCUT2D eigenvalue weighted by atomic mass is 9.71. The van der Waals surface area contributed by atoms with Gasteiger partial charge in [-0.1, -0.05) is 141 Å². The Morgan fingerprint density at radius 2 is 1.31 bits per heavy atom. The van der Waals surface area contributed by atoms with E-state index in [2.05, 4.69) is 117 Å². The van der Waals surface area contributed by atoms with E-state index in [-0.39, 0.29) is 5.41 Å². The van der Waals surface area contributed by atoms with Crippen LogP contribution in [0, 0.1) is 0 Å². The minimum Gasteiger partial charge on any atom is -0.497 e. The molecule has 0 saturated heterocycles. The van der Waals surface area contributed by atoms with Crippen LogP contribution in [0.5, 0.6) is 11.5 Å². The van der Waals surface area contributed by atoms with Crippen molar-refractivity contribution in [2.45, 2.75) is 37.7 Å². The third-order valence-electron chi connectivity index (χ3n) is 11.1. The van der Waals surface area contributed by atoms with Crippen molar-refractivity contribution in [2.75, 3.05) is 7.11 Å². The molecule has 4 heteroatoms. The van der Waals surface area contributed by atoms with Gasteiger partial charge in [-0.05, 0) is 64.8 Å². The zero-order valence-electron chi connectivity index (χ0n) is 29.1. The van der Waals surface area contributed by atoms with E-state index in [4.69, 9.17) is 19.4 Å². The van der Waals surface area contributed by atoms with Crippen molar-refractivity contribution >= 4 is 16.8 Å². The Hall–Kier alpha value is -6.00. The van der Waals surface area contributed by atoms with Gasteiger partial charge in [0, 0.05) is 33.1 Å². The molecule has 1 unspecified atom stereocenters. The molecule has 248 valence electrons. The Labute approximate surface area is 299 Å². The molecule has 2 aliphatic rings. The molecule has 0 N–H and O–H groups in total. The summed E-state index contributed by atoms with van der Waals surface area (Å²) >= 11 is 0. The van der Waals surface area contributed by atoms with Crippen molar-refractivity contribution in [1.29, 1.82) is 0 Å². The average molecular weight is 663 g/mol. The maximum atomic E-state index is 7.65. The number of rotatable bonds is 7. The number of fused-ring (bicyclic) bond motifs is 8. The number of hydrogen-bond donors (Lipinski definition) is 0. The number of benzene rings is 6. The highest BCUT2D eigenvalue weighted by atomic mass is 16.5. The minimum absolute atomic E-state index is 0.135. The van der Waals surface area contributed by atoms with E-state index in [1.165, 1.54) is 27.6 Å². The van der Waals surface area contributed by atoms with Crippen LogP contribution in [0.3, 0.4) is 0 Å². The highest BCUT2D eigenvalue weighted by Gasteiger charge is 2.47. The predicted octanol–water partition coefficient (Wildman–Crippen LogP) is 11.4. The summed E-state index contributed by atoms with van der Waals surface area (Å²) in [6.45, 7) is 4.65. The highest BCUT2D eigenvalue weighted by molar-refractivity contribution is 6.08. The van der Waals surface area contributed by atoms with Gasteiger partial charge in [0.05, 0.1) is 18.5 Å². The second kappa shape index (κ2) is 12.1. The molecule has 0 amide bonds. The normalized spacial score (nSPS) is 16.6. The van der Waals surface area contributed by atoms with Gasteiger partial charge in [-0.2, -0.15) is 0 Å². The predicted molar refractivity (Wildman–Crippen MR) is 207 cm³/mol. The van der Waals surface area contributed by atoms with Gasteiger partial charge in [0.25, 0.3) is 0 Å². The molecule has 9 rings (SSSR count). The molecule has 1 aliphatic carbocycles. The molecule has 0 saturated carbocycles. The molecule has 2 heterocycles. The first kappa shape index (κ1) is 31.0. The monoisotopic (exact) mass is 662 g/mol. The van der Waals surface area contributed by atoms with Crippen LogP contribution in [0.4, 0.5) is 0 Å². The first-order valence-corrected chi connectivity index (χ1v) is 17.8. The molecule has 1 atom stereocenters. The number of nitrogens with zero attached hydrogens (tertiary/aromatic N) is 2. The summed E-state index contributed by atoms with van der Waals surface area (Å²) in [4.78, 5) is 10.5. The Balaban J connectivity index is 1.36. The summed E-state index contributed by atoms with van der Waals surface area (Å²) in [6.07, 6.45) is 6.51. The maximum Gasteiger partial charge on any atom is 0.194 e. The van der Waals surface area contributed by atoms with Crippen LogP contribution in [-0.2, 0) is 11.0 Å².